The van der Waals surface area contributed by atoms with Crippen LogP contribution in [-0.2, 0) is 6.42 Å². The highest BCUT2D eigenvalue weighted by molar-refractivity contribution is 7.20. The van der Waals surface area contributed by atoms with Gasteiger partial charge in [0.05, 0.1) is 6.04 Å². The summed E-state index contributed by atoms with van der Waals surface area (Å²) in [6.45, 7) is 8.57. The van der Waals surface area contributed by atoms with E-state index in [0.717, 1.165) is 17.2 Å². The number of thiophene rings is 1. The monoisotopic (exact) mass is 348 g/mol. The van der Waals surface area contributed by atoms with E-state index < -0.39 is 0 Å². The summed E-state index contributed by atoms with van der Waals surface area (Å²) in [7, 11) is 0. The molecule has 0 aliphatic rings. The number of anilines is 1. The Morgan fingerprint density at radius 3 is 2.78 bits per heavy atom. The van der Waals surface area contributed by atoms with Crippen LogP contribution >= 0.6 is 22.7 Å². The molecule has 122 valence electrons. The molecule has 3 aromatic heterocycles. The third-order valence-electron chi connectivity index (χ3n) is 3.62. The third-order valence-corrected chi connectivity index (χ3v) is 5.40. The third kappa shape index (κ3) is 3.30. The minimum atomic E-state index is -0.125. The van der Waals surface area contributed by atoms with Crippen molar-refractivity contribution in [1.29, 1.82) is 0 Å². The average Bonchev–Trinajstić information content (AvgIpc) is 3.12. The molecule has 1 N–H and O–H groups in total. The van der Waals surface area contributed by atoms with Crippen LogP contribution in [0.1, 0.15) is 44.3 Å². The lowest BCUT2D eigenvalue weighted by Crippen LogP contribution is -2.25. The van der Waals surface area contributed by atoms with Crippen molar-refractivity contribution >= 4 is 32.8 Å². The smallest absolute Gasteiger partial charge is 0.275 e. The van der Waals surface area contributed by atoms with E-state index in [1.54, 1.807) is 17.4 Å². The van der Waals surface area contributed by atoms with Gasteiger partial charge in [-0.05, 0) is 23.3 Å². The average molecular weight is 348 g/mol. The van der Waals surface area contributed by atoms with Gasteiger partial charge < -0.3 is 5.32 Å². The molecule has 1 unspecified atom stereocenters. The number of aryl methyl sites for hydroxylation is 1. The van der Waals surface area contributed by atoms with Gasteiger partial charge in [0.25, 0.3) is 5.56 Å². The summed E-state index contributed by atoms with van der Waals surface area (Å²) < 4.78 is 1.38. The number of rotatable bonds is 4. The van der Waals surface area contributed by atoms with Gasteiger partial charge in [-0.2, -0.15) is 4.52 Å². The molecule has 0 aliphatic heterocycles. The zero-order valence-corrected chi connectivity index (χ0v) is 15.3. The molecule has 0 aromatic carbocycles. The van der Waals surface area contributed by atoms with Crippen LogP contribution in [0.25, 0.3) is 4.96 Å². The number of nitrogens with one attached hydrogen (secondary N) is 1. The van der Waals surface area contributed by atoms with Gasteiger partial charge in [-0.3, -0.25) is 4.79 Å². The lowest BCUT2D eigenvalue weighted by molar-refractivity contribution is 0.351. The Morgan fingerprint density at radius 1 is 1.39 bits per heavy atom. The molecular formula is C16H20N4OS2. The highest BCUT2D eigenvalue weighted by Gasteiger charge is 2.28. The molecule has 7 heteroatoms. The number of fused-ring (bicyclic) bond motifs is 1. The van der Waals surface area contributed by atoms with Crippen LogP contribution in [0, 0.1) is 5.41 Å². The van der Waals surface area contributed by atoms with Gasteiger partial charge in [-0.1, -0.05) is 45.1 Å². The van der Waals surface area contributed by atoms with E-state index in [4.69, 9.17) is 0 Å². The minimum absolute atomic E-state index is 0.0235. The van der Waals surface area contributed by atoms with Crippen molar-refractivity contribution in [3.8, 4) is 0 Å². The molecule has 0 radical (unpaired) electrons. The first-order chi connectivity index (χ1) is 10.9. The maximum atomic E-state index is 12.1. The van der Waals surface area contributed by atoms with Gasteiger partial charge in [0, 0.05) is 16.6 Å². The second-order valence-electron chi connectivity index (χ2n) is 6.50. The van der Waals surface area contributed by atoms with Crippen molar-refractivity contribution in [3.63, 3.8) is 0 Å². The zero-order valence-electron chi connectivity index (χ0n) is 13.7. The Hall–Kier alpha value is -1.73. The highest BCUT2D eigenvalue weighted by Crippen LogP contribution is 2.38. The molecule has 5 nitrogen and oxygen atoms in total. The van der Waals surface area contributed by atoms with Crippen molar-refractivity contribution in [1.82, 2.24) is 14.6 Å². The zero-order chi connectivity index (χ0) is 16.6. The molecule has 0 bridgehead atoms. The summed E-state index contributed by atoms with van der Waals surface area (Å²) in [5.41, 5.74) is 0.700. The second-order valence-corrected chi connectivity index (χ2v) is 8.43. The molecular weight excluding hydrogens is 328 g/mol. The topological polar surface area (TPSA) is 59.3 Å². The van der Waals surface area contributed by atoms with Crippen molar-refractivity contribution in [3.05, 3.63) is 44.5 Å². The van der Waals surface area contributed by atoms with E-state index in [1.807, 2.05) is 6.92 Å². The molecule has 3 heterocycles. The van der Waals surface area contributed by atoms with Crippen molar-refractivity contribution in [2.24, 2.45) is 5.41 Å². The van der Waals surface area contributed by atoms with E-state index in [-0.39, 0.29) is 17.0 Å². The first-order valence-electron chi connectivity index (χ1n) is 7.58. The number of nitrogens with zero attached hydrogens (tertiary/aromatic N) is 3. The van der Waals surface area contributed by atoms with Crippen LogP contribution in [0.5, 0.6) is 0 Å². The van der Waals surface area contributed by atoms with E-state index >= 15 is 0 Å². The summed E-state index contributed by atoms with van der Waals surface area (Å²) >= 11 is 3.14. The fourth-order valence-corrected chi connectivity index (χ4v) is 4.26. The van der Waals surface area contributed by atoms with Gasteiger partial charge >= 0.3 is 0 Å². The predicted octanol–water partition coefficient (Wildman–Crippen LogP) is 3.97. The molecule has 3 rings (SSSR count). The quantitative estimate of drug-likeness (QED) is 0.775. The summed E-state index contributed by atoms with van der Waals surface area (Å²) in [4.78, 5) is 18.5. The van der Waals surface area contributed by atoms with E-state index in [0.29, 0.717) is 4.96 Å². The van der Waals surface area contributed by atoms with E-state index in [9.17, 15) is 4.79 Å². The maximum Gasteiger partial charge on any atom is 0.275 e. The molecule has 0 amide bonds. The summed E-state index contributed by atoms with van der Waals surface area (Å²) in [6.07, 6.45) is 0.742. The van der Waals surface area contributed by atoms with Crippen LogP contribution in [-0.4, -0.2) is 14.6 Å². The number of hydrogen-bond donors (Lipinski definition) is 1. The second kappa shape index (κ2) is 6.05. The molecule has 0 spiro atoms. The lowest BCUT2D eigenvalue weighted by atomic mass is 9.86. The van der Waals surface area contributed by atoms with Crippen LogP contribution in [0.3, 0.4) is 0 Å². The predicted molar refractivity (Wildman–Crippen MR) is 96.6 cm³/mol. The van der Waals surface area contributed by atoms with Gasteiger partial charge in [0.15, 0.2) is 0 Å². The number of aromatic nitrogens is 3. The Kier molecular flexibility index (Phi) is 4.25. The van der Waals surface area contributed by atoms with Crippen LogP contribution in [0.2, 0.25) is 0 Å². The van der Waals surface area contributed by atoms with Crippen LogP contribution in [0.4, 0.5) is 5.13 Å². The molecule has 23 heavy (non-hydrogen) atoms. The van der Waals surface area contributed by atoms with E-state index in [2.05, 4.69) is 53.7 Å². The molecule has 1 atom stereocenters. The molecule has 3 aromatic rings. The SMILES string of the molecule is CCc1cc(=O)n2nc(NC(c3cccs3)C(C)(C)C)sc2n1. The fraction of sp³-hybridized carbons (Fsp3) is 0.438. The normalized spacial score (nSPS) is 13.4. The highest BCUT2D eigenvalue weighted by atomic mass is 32.1. The maximum absolute atomic E-state index is 12.1. The Bertz CT molecular complexity index is 858. The number of hydrogen-bond acceptors (Lipinski definition) is 6. The fourth-order valence-electron chi connectivity index (χ4n) is 2.39. The van der Waals surface area contributed by atoms with Gasteiger partial charge in [-0.15, -0.1) is 16.4 Å². The largest absolute Gasteiger partial charge is 0.352 e. The summed E-state index contributed by atoms with van der Waals surface area (Å²) in [5, 5.41) is 10.7. The molecule has 0 saturated carbocycles. The standard InChI is InChI=1S/C16H20N4OS2/c1-5-10-9-12(21)20-15(17-10)23-14(19-20)18-13(16(2,3)4)11-7-6-8-22-11/h6-9,13H,5H2,1-4H3,(H,18,19). The van der Waals surface area contributed by atoms with Gasteiger partial charge in [0.2, 0.25) is 10.1 Å². The molecule has 0 saturated heterocycles. The van der Waals surface area contributed by atoms with Gasteiger partial charge in [0.1, 0.15) is 0 Å². The van der Waals surface area contributed by atoms with Crippen molar-refractivity contribution in [2.75, 3.05) is 5.32 Å². The first-order valence-corrected chi connectivity index (χ1v) is 9.28. The lowest BCUT2D eigenvalue weighted by Gasteiger charge is -2.30. The van der Waals surface area contributed by atoms with Gasteiger partial charge in [-0.25, -0.2) is 4.98 Å². The molecule has 0 fully saturated rings. The van der Waals surface area contributed by atoms with E-state index in [1.165, 1.54) is 20.7 Å². The summed E-state index contributed by atoms with van der Waals surface area (Å²) in [5.74, 6) is 0. The Morgan fingerprint density at radius 2 is 2.17 bits per heavy atom. The van der Waals surface area contributed by atoms with Crippen LogP contribution < -0.4 is 10.9 Å². The Labute approximate surface area is 143 Å². The van der Waals surface area contributed by atoms with Crippen molar-refractivity contribution in [2.45, 2.75) is 40.2 Å². The Balaban J connectivity index is 1.99. The van der Waals surface area contributed by atoms with Crippen LogP contribution in [0.15, 0.2) is 28.4 Å². The molecule has 0 aliphatic carbocycles. The van der Waals surface area contributed by atoms with Crippen molar-refractivity contribution < 1.29 is 0 Å². The first kappa shape index (κ1) is 16.1. The minimum Gasteiger partial charge on any atom is -0.352 e. The summed E-state index contributed by atoms with van der Waals surface area (Å²) in [6, 6.07) is 5.86.